The molecule has 8 nitrogen and oxygen atoms in total. The third kappa shape index (κ3) is 6.34. The van der Waals surface area contributed by atoms with Gasteiger partial charge in [-0.1, -0.05) is 0 Å². The molecule has 0 heterocycles. The van der Waals surface area contributed by atoms with Gasteiger partial charge in [0.15, 0.2) is 0 Å². The summed E-state index contributed by atoms with van der Waals surface area (Å²) >= 11 is 0. The second kappa shape index (κ2) is 5.30. The van der Waals surface area contributed by atoms with Crippen LogP contribution < -0.4 is 22.1 Å². The molecule has 0 radical (unpaired) electrons. The maximum absolute atomic E-state index is 10.6. The van der Waals surface area contributed by atoms with E-state index in [0.29, 0.717) is 0 Å². The first-order valence-electron chi connectivity index (χ1n) is 3.30. The van der Waals surface area contributed by atoms with Crippen molar-refractivity contribution in [2.24, 2.45) is 11.5 Å². The lowest BCUT2D eigenvalue weighted by atomic mass is 10.4. The Kier molecular flexibility index (Phi) is 4.40. The molecular formula is C6H8N4O4. The van der Waals surface area contributed by atoms with Crippen LogP contribution in [-0.4, -0.2) is 23.9 Å². The molecule has 0 spiro atoms. The van der Waals surface area contributed by atoms with Crippen molar-refractivity contribution < 1.29 is 19.2 Å². The monoisotopic (exact) mass is 200 g/mol. The van der Waals surface area contributed by atoms with Gasteiger partial charge in [-0.15, -0.1) is 0 Å². The van der Waals surface area contributed by atoms with Gasteiger partial charge in [0.05, 0.1) is 0 Å². The van der Waals surface area contributed by atoms with Gasteiger partial charge in [-0.05, 0) is 0 Å². The fourth-order valence-electron chi connectivity index (χ4n) is 0.478. The van der Waals surface area contributed by atoms with Gasteiger partial charge in [-0.25, -0.2) is 9.59 Å². The van der Waals surface area contributed by atoms with E-state index in [-0.39, 0.29) is 0 Å². The minimum atomic E-state index is -1.05. The molecule has 6 N–H and O–H groups in total. The molecular weight excluding hydrogens is 192 g/mol. The molecule has 0 aliphatic carbocycles. The van der Waals surface area contributed by atoms with Crippen molar-refractivity contribution in [2.75, 3.05) is 0 Å². The molecule has 0 unspecified atom stereocenters. The summed E-state index contributed by atoms with van der Waals surface area (Å²) in [6.07, 6.45) is 1.45. The van der Waals surface area contributed by atoms with E-state index in [2.05, 4.69) is 11.5 Å². The van der Waals surface area contributed by atoms with Crippen LogP contribution in [0, 0.1) is 0 Å². The second-order valence-corrected chi connectivity index (χ2v) is 2.04. The third-order valence-corrected chi connectivity index (χ3v) is 0.879. The Bertz CT molecular complexity index is 279. The van der Waals surface area contributed by atoms with Crippen molar-refractivity contribution in [1.29, 1.82) is 0 Å². The first-order valence-corrected chi connectivity index (χ1v) is 3.30. The molecule has 76 valence electrons. The van der Waals surface area contributed by atoms with Crippen molar-refractivity contribution in [2.45, 2.75) is 0 Å². The standard InChI is InChI=1S/C6H8N4O4/c7-5(13)9-3(11)1-2-4(12)10-6(8)14/h1-2H,(H3,7,9,11,13)(H3,8,10,12,14)/b2-1+. The Labute approximate surface area is 78.3 Å². The van der Waals surface area contributed by atoms with Crippen molar-refractivity contribution in [3.05, 3.63) is 12.2 Å². The average Bonchev–Trinajstić information content (AvgIpc) is 1.98. The Balaban J connectivity index is 4.04. The first-order chi connectivity index (χ1) is 6.41. The van der Waals surface area contributed by atoms with Crippen molar-refractivity contribution in [3.8, 4) is 0 Å². The van der Waals surface area contributed by atoms with Gasteiger partial charge >= 0.3 is 12.1 Å². The summed E-state index contributed by atoms with van der Waals surface area (Å²) in [5, 5.41) is 3.34. The highest BCUT2D eigenvalue weighted by Gasteiger charge is 2.01. The van der Waals surface area contributed by atoms with E-state index in [1.54, 1.807) is 10.6 Å². The zero-order chi connectivity index (χ0) is 11.1. The Morgan fingerprint density at radius 1 is 0.786 bits per heavy atom. The normalized spacial score (nSPS) is 9.43. The summed E-state index contributed by atoms with van der Waals surface area (Å²) in [6, 6.07) is -2.09. The first kappa shape index (κ1) is 11.6. The molecule has 8 heteroatoms. The van der Waals surface area contributed by atoms with Crippen LogP contribution in [-0.2, 0) is 9.59 Å². The van der Waals surface area contributed by atoms with Gasteiger partial charge in [0, 0.05) is 12.2 Å². The molecule has 0 aromatic carbocycles. The molecule has 0 aromatic heterocycles. The maximum Gasteiger partial charge on any atom is 0.319 e. The predicted molar refractivity (Wildman–Crippen MR) is 44.6 cm³/mol. The van der Waals surface area contributed by atoms with Crippen LogP contribution in [0.4, 0.5) is 9.59 Å². The number of amides is 6. The summed E-state index contributed by atoms with van der Waals surface area (Å²) in [5.41, 5.74) is 9.20. The largest absolute Gasteiger partial charge is 0.351 e. The van der Waals surface area contributed by atoms with Gasteiger partial charge < -0.3 is 11.5 Å². The lowest BCUT2D eigenvalue weighted by molar-refractivity contribution is -0.117. The van der Waals surface area contributed by atoms with Gasteiger partial charge in [0.1, 0.15) is 0 Å². The van der Waals surface area contributed by atoms with Crippen LogP contribution in [0.25, 0.3) is 0 Å². The highest BCUT2D eigenvalue weighted by atomic mass is 16.2. The molecule has 0 saturated carbocycles. The van der Waals surface area contributed by atoms with Crippen molar-refractivity contribution in [3.63, 3.8) is 0 Å². The highest BCUT2D eigenvalue weighted by molar-refractivity contribution is 6.06. The quantitative estimate of drug-likeness (QED) is 0.379. The Morgan fingerprint density at radius 3 is 1.29 bits per heavy atom. The molecule has 0 aliphatic heterocycles. The summed E-state index contributed by atoms with van der Waals surface area (Å²) < 4.78 is 0. The van der Waals surface area contributed by atoms with E-state index in [1.165, 1.54) is 0 Å². The molecule has 0 rings (SSSR count). The minimum Gasteiger partial charge on any atom is -0.351 e. The number of hydrogen-bond donors (Lipinski definition) is 4. The lowest BCUT2D eigenvalue weighted by Gasteiger charge is -1.94. The van der Waals surface area contributed by atoms with Crippen LogP contribution in [0.2, 0.25) is 0 Å². The second-order valence-electron chi connectivity index (χ2n) is 2.04. The number of nitrogens with one attached hydrogen (secondary N) is 2. The molecule has 0 aromatic rings. The maximum atomic E-state index is 10.6. The summed E-state index contributed by atoms with van der Waals surface area (Å²) in [4.78, 5) is 41.5. The Morgan fingerprint density at radius 2 is 1.07 bits per heavy atom. The summed E-state index contributed by atoms with van der Waals surface area (Å²) in [5.74, 6) is -1.76. The molecule has 0 atom stereocenters. The number of imide groups is 2. The number of carbonyl (C=O) groups excluding carboxylic acids is 4. The van der Waals surface area contributed by atoms with Crippen LogP contribution in [0.3, 0.4) is 0 Å². The van der Waals surface area contributed by atoms with E-state index in [0.717, 1.165) is 12.2 Å². The number of rotatable bonds is 2. The summed E-state index contributed by atoms with van der Waals surface area (Å²) in [7, 11) is 0. The van der Waals surface area contributed by atoms with E-state index in [1.807, 2.05) is 0 Å². The Hall–Kier alpha value is -2.38. The van der Waals surface area contributed by atoms with Gasteiger partial charge in [-0.2, -0.15) is 0 Å². The van der Waals surface area contributed by atoms with E-state index in [4.69, 9.17) is 0 Å². The number of urea groups is 2. The van der Waals surface area contributed by atoms with E-state index < -0.39 is 23.9 Å². The van der Waals surface area contributed by atoms with E-state index >= 15 is 0 Å². The van der Waals surface area contributed by atoms with Crippen LogP contribution in [0.1, 0.15) is 0 Å². The zero-order valence-corrected chi connectivity index (χ0v) is 6.94. The molecule has 14 heavy (non-hydrogen) atoms. The third-order valence-electron chi connectivity index (χ3n) is 0.879. The SMILES string of the molecule is NC(=O)NC(=O)/C=C/C(=O)NC(N)=O. The van der Waals surface area contributed by atoms with Gasteiger partial charge in [0.25, 0.3) is 11.8 Å². The zero-order valence-electron chi connectivity index (χ0n) is 6.94. The van der Waals surface area contributed by atoms with Crippen molar-refractivity contribution >= 4 is 23.9 Å². The molecule has 0 bridgehead atoms. The minimum absolute atomic E-state index is 0.725. The van der Waals surface area contributed by atoms with Crippen LogP contribution in [0.15, 0.2) is 12.2 Å². The average molecular weight is 200 g/mol. The van der Waals surface area contributed by atoms with Gasteiger partial charge in [-0.3, -0.25) is 20.2 Å². The number of hydrogen-bond acceptors (Lipinski definition) is 4. The molecule has 0 fully saturated rings. The predicted octanol–water partition coefficient (Wildman–Crippen LogP) is -2.07. The fourth-order valence-corrected chi connectivity index (χ4v) is 0.478. The number of primary amides is 2. The molecule has 0 saturated heterocycles. The van der Waals surface area contributed by atoms with Crippen LogP contribution >= 0.6 is 0 Å². The topological polar surface area (TPSA) is 144 Å². The lowest BCUT2D eigenvalue weighted by Crippen LogP contribution is -2.35. The van der Waals surface area contributed by atoms with Crippen molar-refractivity contribution in [1.82, 2.24) is 10.6 Å². The molecule has 0 aliphatic rings. The highest BCUT2D eigenvalue weighted by Crippen LogP contribution is 1.74. The van der Waals surface area contributed by atoms with Gasteiger partial charge in [0.2, 0.25) is 0 Å². The smallest absolute Gasteiger partial charge is 0.319 e. The number of carbonyl (C=O) groups is 4. The molecule has 6 amide bonds. The fraction of sp³-hybridized carbons (Fsp3) is 0. The number of nitrogens with two attached hydrogens (primary N) is 2. The van der Waals surface area contributed by atoms with Crippen LogP contribution in [0.5, 0.6) is 0 Å². The van der Waals surface area contributed by atoms with E-state index in [9.17, 15) is 19.2 Å². The summed E-state index contributed by atoms with van der Waals surface area (Å²) in [6.45, 7) is 0.